The van der Waals surface area contributed by atoms with Crippen LogP contribution in [0.5, 0.6) is 11.5 Å². The molecule has 7 aliphatic rings. The summed E-state index contributed by atoms with van der Waals surface area (Å²) in [7, 11) is 0. The van der Waals surface area contributed by atoms with Gasteiger partial charge in [-0.05, 0) is 54.5 Å². The number of aromatic hydroxyl groups is 1. The molecule has 3 fully saturated rings. The summed E-state index contributed by atoms with van der Waals surface area (Å²) in [4.78, 5) is 16.0. The number of carbonyl (C=O) groups is 1. The van der Waals surface area contributed by atoms with Crippen LogP contribution in [-0.4, -0.2) is 57.9 Å². The first-order chi connectivity index (χ1) is 17.4. The van der Waals surface area contributed by atoms with E-state index in [1.54, 1.807) is 12.1 Å². The summed E-state index contributed by atoms with van der Waals surface area (Å²) in [5.41, 5.74) is 2.61. The first kappa shape index (κ1) is 21.0. The average molecular weight is 483 g/mol. The highest BCUT2D eigenvalue weighted by molar-refractivity contribution is 5.86. The number of nitrogens with zero attached hydrogens (tertiary/aromatic N) is 1. The van der Waals surface area contributed by atoms with E-state index < -0.39 is 23.0 Å². The zero-order valence-corrected chi connectivity index (χ0v) is 20.2. The molecule has 2 aromatic rings. The zero-order chi connectivity index (χ0) is 24.5. The van der Waals surface area contributed by atoms with Crippen molar-refractivity contribution in [3.8, 4) is 11.5 Å². The molecule has 0 aromatic heterocycles. The Hall–Kier alpha value is -3.09. The number of amides is 1. The van der Waals surface area contributed by atoms with Crippen LogP contribution >= 0.6 is 0 Å². The van der Waals surface area contributed by atoms with Crippen molar-refractivity contribution in [1.82, 2.24) is 10.2 Å². The molecule has 4 bridgehead atoms. The van der Waals surface area contributed by atoms with Gasteiger partial charge in [0.2, 0.25) is 5.91 Å². The van der Waals surface area contributed by atoms with Crippen LogP contribution in [0.3, 0.4) is 0 Å². The van der Waals surface area contributed by atoms with Crippen LogP contribution in [-0.2, 0) is 23.1 Å². The van der Waals surface area contributed by atoms with Gasteiger partial charge in [-0.3, -0.25) is 9.69 Å². The maximum Gasteiger partial charge on any atom is 0.226 e. The van der Waals surface area contributed by atoms with Gasteiger partial charge < -0.3 is 20.3 Å². The van der Waals surface area contributed by atoms with Crippen LogP contribution in [0.2, 0.25) is 0 Å². The van der Waals surface area contributed by atoms with E-state index in [0.717, 1.165) is 37.9 Å². The van der Waals surface area contributed by atoms with Gasteiger partial charge in [0.15, 0.2) is 11.5 Å². The van der Waals surface area contributed by atoms with Gasteiger partial charge in [-0.2, -0.15) is 0 Å². The second-order valence-corrected chi connectivity index (χ2v) is 11.6. The summed E-state index contributed by atoms with van der Waals surface area (Å²) in [6, 6.07) is 14.4. The van der Waals surface area contributed by atoms with Gasteiger partial charge in [0.25, 0.3) is 0 Å². The quantitative estimate of drug-likeness (QED) is 0.552. The highest BCUT2D eigenvalue weighted by atomic mass is 16.5. The molecule has 6 heteroatoms. The molecule has 2 aromatic carbocycles. The number of rotatable bonds is 6. The van der Waals surface area contributed by atoms with Crippen molar-refractivity contribution < 1.29 is 19.7 Å². The number of phenols is 1. The van der Waals surface area contributed by atoms with Crippen molar-refractivity contribution in [2.24, 2.45) is 11.3 Å². The predicted molar refractivity (Wildman–Crippen MR) is 134 cm³/mol. The van der Waals surface area contributed by atoms with Gasteiger partial charge in [0, 0.05) is 30.6 Å². The van der Waals surface area contributed by atoms with E-state index in [1.165, 1.54) is 16.7 Å². The van der Waals surface area contributed by atoms with Crippen LogP contribution in [0.1, 0.15) is 29.5 Å². The van der Waals surface area contributed by atoms with Crippen LogP contribution < -0.4 is 10.1 Å². The minimum Gasteiger partial charge on any atom is -0.504 e. The van der Waals surface area contributed by atoms with Gasteiger partial charge in [-0.25, -0.2) is 0 Å². The van der Waals surface area contributed by atoms with Crippen molar-refractivity contribution in [1.29, 1.82) is 0 Å². The van der Waals surface area contributed by atoms with Crippen molar-refractivity contribution in [2.45, 2.75) is 48.3 Å². The summed E-state index contributed by atoms with van der Waals surface area (Å²) in [5.74, 6) is -0.100. The Morgan fingerprint density at radius 2 is 2.08 bits per heavy atom. The maximum absolute atomic E-state index is 13.4. The molecule has 6 atom stereocenters. The van der Waals surface area contributed by atoms with Crippen molar-refractivity contribution in [3.63, 3.8) is 0 Å². The Bertz CT molecular complexity index is 1390. The molecule has 36 heavy (non-hydrogen) atoms. The normalized spacial score (nSPS) is 39.6. The lowest BCUT2D eigenvalue weighted by Crippen LogP contribution is -2.74. The summed E-state index contributed by atoms with van der Waals surface area (Å²) in [6.07, 6.45) is 6.32. The van der Waals surface area contributed by atoms with Crippen LogP contribution in [0.15, 0.2) is 66.8 Å². The minimum atomic E-state index is -1.42. The monoisotopic (exact) mass is 482 g/mol. The Morgan fingerprint density at radius 1 is 1.25 bits per heavy atom. The summed E-state index contributed by atoms with van der Waals surface area (Å²) in [5, 5.41) is 26.1. The number of carbonyl (C=O) groups excluding carboxylic acids is 1. The van der Waals surface area contributed by atoms with Gasteiger partial charge in [0.05, 0.1) is 16.9 Å². The first-order valence-corrected chi connectivity index (χ1v) is 13.1. The van der Waals surface area contributed by atoms with Crippen LogP contribution in [0.4, 0.5) is 0 Å². The van der Waals surface area contributed by atoms with E-state index in [9.17, 15) is 15.0 Å². The van der Waals surface area contributed by atoms with Crippen molar-refractivity contribution in [3.05, 3.63) is 83.5 Å². The molecule has 1 amide bonds. The van der Waals surface area contributed by atoms with E-state index in [-0.39, 0.29) is 22.6 Å². The van der Waals surface area contributed by atoms with Crippen LogP contribution in [0.25, 0.3) is 0 Å². The zero-order valence-electron chi connectivity index (χ0n) is 20.2. The fourth-order valence-electron chi connectivity index (χ4n) is 9.40. The van der Waals surface area contributed by atoms with Crippen molar-refractivity contribution in [2.75, 3.05) is 19.6 Å². The number of hydrogen-bond acceptors (Lipinski definition) is 5. The second-order valence-electron chi connectivity index (χ2n) is 11.6. The fraction of sp³-hybridized carbons (Fsp3) is 0.433. The molecular formula is C30H30N2O4. The molecule has 5 aliphatic carbocycles. The molecule has 9 rings (SSSR count). The molecule has 2 saturated carbocycles. The van der Waals surface area contributed by atoms with Gasteiger partial charge in [-0.1, -0.05) is 42.5 Å². The van der Waals surface area contributed by atoms with Gasteiger partial charge in [0.1, 0.15) is 11.7 Å². The highest BCUT2D eigenvalue weighted by Gasteiger charge is 2.94. The number of benzene rings is 2. The standard InChI is InChI=1S/C30H30N2O4/c1-2-12-31-25(34)20-16-29-22-17-28(20,35)26-27(29)11-14-32(13-10-18-6-4-3-5-7-18)30(22,29)15-19-8-9-21(33)24(36-26)23(19)27/h2-9,17,20,26,33,35H,1,10-16H2,(H,31,34)/t20-,26-,27+,28-,29-,30?/m1/s1. The SMILES string of the molecule is C=CCNC(=O)[C@H]1C[C@@]23C4=C[C@]1(O)[C@@H]1Oc5c(O)ccc6c5[C@@]12CCN(CCc1ccccc1)C43C6. The molecule has 2 spiro atoms. The van der Waals surface area contributed by atoms with E-state index in [2.05, 4.69) is 47.1 Å². The number of ether oxygens (including phenoxy) is 1. The lowest BCUT2D eigenvalue weighted by molar-refractivity contribution is -0.181. The number of piperidine rings is 1. The molecule has 2 heterocycles. The Morgan fingerprint density at radius 3 is 2.89 bits per heavy atom. The number of likely N-dealkylation sites (tertiary alicyclic amines) is 1. The molecule has 0 radical (unpaired) electrons. The predicted octanol–water partition coefficient (Wildman–Crippen LogP) is 2.63. The Kier molecular flexibility index (Phi) is 3.75. The molecule has 6 nitrogen and oxygen atoms in total. The molecule has 3 N–H and O–H groups in total. The topological polar surface area (TPSA) is 82.0 Å². The average Bonchev–Trinajstić information content (AvgIpc) is 3.28. The maximum atomic E-state index is 13.4. The molecule has 1 unspecified atom stereocenters. The van der Waals surface area contributed by atoms with Gasteiger partial charge in [-0.15, -0.1) is 6.58 Å². The Balaban J connectivity index is 1.29. The molecular weight excluding hydrogens is 452 g/mol. The van der Waals surface area contributed by atoms with Gasteiger partial charge >= 0.3 is 0 Å². The smallest absolute Gasteiger partial charge is 0.226 e. The number of nitrogens with one attached hydrogen (secondary N) is 1. The largest absolute Gasteiger partial charge is 0.504 e. The lowest BCUT2D eigenvalue weighted by Gasteiger charge is -2.62. The minimum absolute atomic E-state index is 0.130. The third-order valence-electron chi connectivity index (χ3n) is 10.5. The lowest BCUT2D eigenvalue weighted by atomic mass is 9.44. The summed E-state index contributed by atoms with van der Waals surface area (Å²) < 4.78 is 6.54. The number of fused-ring (bicyclic) bond motifs is 1. The first-order valence-electron chi connectivity index (χ1n) is 13.1. The van der Waals surface area contributed by atoms with E-state index in [4.69, 9.17) is 4.74 Å². The molecule has 2 aliphatic heterocycles. The summed E-state index contributed by atoms with van der Waals surface area (Å²) in [6.45, 7) is 5.93. The summed E-state index contributed by atoms with van der Waals surface area (Å²) >= 11 is 0. The third-order valence-corrected chi connectivity index (χ3v) is 10.5. The second kappa shape index (κ2) is 6.42. The molecule has 1 saturated heterocycles. The van der Waals surface area contributed by atoms with Crippen LogP contribution in [0, 0.1) is 11.3 Å². The molecule has 184 valence electrons. The third kappa shape index (κ3) is 1.99. The number of phenolic OH excluding ortho intramolecular Hbond substituents is 1. The number of aliphatic hydroxyl groups is 1. The fourth-order valence-corrected chi connectivity index (χ4v) is 9.40. The number of hydrogen-bond donors (Lipinski definition) is 3. The van der Waals surface area contributed by atoms with E-state index in [0.29, 0.717) is 18.7 Å². The van der Waals surface area contributed by atoms with E-state index >= 15 is 0 Å². The Labute approximate surface area is 210 Å². The van der Waals surface area contributed by atoms with E-state index in [1.807, 2.05) is 12.1 Å². The highest BCUT2D eigenvalue weighted by Crippen LogP contribution is 2.89. The van der Waals surface area contributed by atoms with Crippen molar-refractivity contribution >= 4 is 5.91 Å².